The average Bonchev–Trinajstić information content (AvgIpc) is 2.78. The molecule has 0 aliphatic carbocycles. The zero-order valence-electron chi connectivity index (χ0n) is 11.2. The van der Waals surface area contributed by atoms with Gasteiger partial charge in [-0.25, -0.2) is 0 Å². The van der Waals surface area contributed by atoms with Crippen LogP contribution in [0.1, 0.15) is 13.3 Å². The molecule has 1 saturated heterocycles. The van der Waals surface area contributed by atoms with Crippen LogP contribution in [0.15, 0.2) is 18.2 Å². The zero-order chi connectivity index (χ0) is 14.0. The zero-order valence-corrected chi connectivity index (χ0v) is 11.2. The highest BCUT2D eigenvalue weighted by Crippen LogP contribution is 2.39. The minimum Gasteiger partial charge on any atom is -0.394 e. The van der Waals surface area contributed by atoms with Gasteiger partial charge in [-0.2, -0.15) is 0 Å². The van der Waals surface area contributed by atoms with Crippen molar-refractivity contribution in [1.29, 1.82) is 0 Å². The normalized spacial score (nSPS) is 22.6. The Kier molecular flexibility index (Phi) is 3.90. The first-order chi connectivity index (χ1) is 9.10. The third-order valence-corrected chi connectivity index (χ3v) is 3.85. The van der Waals surface area contributed by atoms with E-state index in [-0.39, 0.29) is 23.3 Å². The van der Waals surface area contributed by atoms with E-state index in [0.717, 1.165) is 13.0 Å². The summed E-state index contributed by atoms with van der Waals surface area (Å²) in [4.78, 5) is 12.9. The second kappa shape index (κ2) is 5.44. The standard InChI is InChI=1S/C13H19N3O3/c1-9-6-7-15(12(9)8-17)11-5-3-4-10(14-2)13(11)16(18)19/h3-5,9,12,14,17H,6-8H2,1-2H3. The molecule has 1 aromatic rings. The van der Waals surface area contributed by atoms with Gasteiger partial charge in [0.2, 0.25) is 0 Å². The molecule has 1 heterocycles. The summed E-state index contributed by atoms with van der Waals surface area (Å²) in [6, 6.07) is 5.19. The third kappa shape index (κ3) is 2.35. The van der Waals surface area contributed by atoms with E-state index in [2.05, 4.69) is 12.2 Å². The van der Waals surface area contributed by atoms with Crippen molar-refractivity contribution in [3.63, 3.8) is 0 Å². The quantitative estimate of drug-likeness (QED) is 0.641. The highest BCUT2D eigenvalue weighted by Gasteiger charge is 2.35. The Morgan fingerprint density at radius 1 is 1.58 bits per heavy atom. The molecule has 0 spiro atoms. The molecule has 1 aliphatic rings. The number of nitrogens with one attached hydrogen (secondary N) is 1. The summed E-state index contributed by atoms with van der Waals surface area (Å²) in [5.41, 5.74) is 1.16. The summed E-state index contributed by atoms with van der Waals surface area (Å²) >= 11 is 0. The third-order valence-electron chi connectivity index (χ3n) is 3.85. The Morgan fingerprint density at radius 3 is 2.89 bits per heavy atom. The lowest BCUT2D eigenvalue weighted by atomic mass is 10.0. The molecule has 6 heteroatoms. The van der Waals surface area contributed by atoms with Crippen LogP contribution in [-0.4, -0.2) is 36.3 Å². The molecule has 2 atom stereocenters. The first-order valence-corrected chi connectivity index (χ1v) is 6.42. The molecule has 19 heavy (non-hydrogen) atoms. The Labute approximate surface area is 112 Å². The van der Waals surface area contributed by atoms with Gasteiger partial charge in [-0.05, 0) is 24.5 Å². The van der Waals surface area contributed by atoms with Crippen molar-refractivity contribution in [2.24, 2.45) is 5.92 Å². The van der Waals surface area contributed by atoms with Crippen LogP contribution in [0.2, 0.25) is 0 Å². The molecule has 1 aliphatic heterocycles. The fourth-order valence-electron chi connectivity index (χ4n) is 2.74. The summed E-state index contributed by atoms with van der Waals surface area (Å²) in [5, 5.41) is 23.7. The van der Waals surface area contributed by atoms with Gasteiger partial charge in [0.25, 0.3) is 0 Å². The van der Waals surface area contributed by atoms with Crippen molar-refractivity contribution in [1.82, 2.24) is 0 Å². The first kappa shape index (κ1) is 13.6. The van der Waals surface area contributed by atoms with Crippen LogP contribution in [0, 0.1) is 16.0 Å². The molecule has 2 unspecified atom stereocenters. The number of nitrogens with zero attached hydrogens (tertiary/aromatic N) is 2. The molecule has 0 bridgehead atoms. The van der Waals surface area contributed by atoms with Crippen LogP contribution in [0.5, 0.6) is 0 Å². The maximum atomic E-state index is 11.3. The molecule has 104 valence electrons. The van der Waals surface area contributed by atoms with Gasteiger partial charge in [-0.15, -0.1) is 0 Å². The maximum Gasteiger partial charge on any atom is 0.315 e. The van der Waals surface area contributed by atoms with Crippen LogP contribution < -0.4 is 10.2 Å². The summed E-state index contributed by atoms with van der Waals surface area (Å²) in [6.45, 7) is 2.82. The van der Waals surface area contributed by atoms with Gasteiger partial charge < -0.3 is 15.3 Å². The molecule has 1 fully saturated rings. The summed E-state index contributed by atoms with van der Waals surface area (Å²) < 4.78 is 0. The molecule has 2 rings (SSSR count). The number of aliphatic hydroxyl groups excluding tert-OH is 1. The number of benzene rings is 1. The Balaban J connectivity index is 2.47. The molecule has 0 radical (unpaired) electrons. The van der Waals surface area contributed by atoms with Gasteiger partial charge in [0.1, 0.15) is 11.4 Å². The van der Waals surface area contributed by atoms with Crippen molar-refractivity contribution in [2.75, 3.05) is 30.4 Å². The highest BCUT2D eigenvalue weighted by molar-refractivity contribution is 5.77. The fraction of sp³-hybridized carbons (Fsp3) is 0.538. The fourth-order valence-corrected chi connectivity index (χ4v) is 2.74. The lowest BCUT2D eigenvalue weighted by molar-refractivity contribution is -0.383. The van der Waals surface area contributed by atoms with Gasteiger partial charge in [0.05, 0.1) is 17.6 Å². The van der Waals surface area contributed by atoms with Crippen LogP contribution in [0.4, 0.5) is 17.1 Å². The summed E-state index contributed by atoms with van der Waals surface area (Å²) in [5.74, 6) is 0.336. The van der Waals surface area contributed by atoms with Gasteiger partial charge in [-0.3, -0.25) is 10.1 Å². The molecule has 0 amide bonds. The van der Waals surface area contributed by atoms with E-state index in [4.69, 9.17) is 0 Å². The highest BCUT2D eigenvalue weighted by atomic mass is 16.6. The Hall–Kier alpha value is -1.82. The lowest BCUT2D eigenvalue weighted by Gasteiger charge is -2.27. The second-order valence-corrected chi connectivity index (χ2v) is 4.89. The van der Waals surface area contributed by atoms with Crippen LogP contribution >= 0.6 is 0 Å². The van der Waals surface area contributed by atoms with E-state index >= 15 is 0 Å². The maximum absolute atomic E-state index is 11.3. The molecule has 0 saturated carbocycles. The van der Waals surface area contributed by atoms with Crippen molar-refractivity contribution in [2.45, 2.75) is 19.4 Å². The van der Waals surface area contributed by atoms with E-state index in [9.17, 15) is 15.2 Å². The largest absolute Gasteiger partial charge is 0.394 e. The predicted octanol–water partition coefficient (Wildman–Crippen LogP) is 1.84. The SMILES string of the molecule is CNc1cccc(N2CCC(C)C2CO)c1[N+](=O)[O-]. The monoisotopic (exact) mass is 265 g/mol. The molecule has 6 nitrogen and oxygen atoms in total. The smallest absolute Gasteiger partial charge is 0.315 e. The number of nitro groups is 1. The summed E-state index contributed by atoms with van der Waals surface area (Å²) in [7, 11) is 1.67. The van der Waals surface area contributed by atoms with Crippen molar-refractivity contribution >= 4 is 17.1 Å². The number of nitro benzene ring substituents is 1. The summed E-state index contributed by atoms with van der Waals surface area (Å²) in [6.07, 6.45) is 0.937. The second-order valence-electron chi connectivity index (χ2n) is 4.89. The first-order valence-electron chi connectivity index (χ1n) is 6.42. The van der Waals surface area contributed by atoms with Gasteiger partial charge in [0.15, 0.2) is 0 Å². The lowest BCUT2D eigenvalue weighted by Crippen LogP contribution is -2.35. The molecule has 2 N–H and O–H groups in total. The van der Waals surface area contributed by atoms with Gasteiger partial charge >= 0.3 is 5.69 Å². The minimum absolute atomic E-state index is 0.0160. The van der Waals surface area contributed by atoms with E-state index < -0.39 is 0 Å². The molecule has 1 aromatic carbocycles. The Bertz CT molecular complexity index is 478. The number of hydrogen-bond donors (Lipinski definition) is 2. The van der Waals surface area contributed by atoms with Crippen LogP contribution in [0.3, 0.4) is 0 Å². The number of hydrogen-bond acceptors (Lipinski definition) is 5. The van der Waals surface area contributed by atoms with Crippen molar-refractivity contribution in [3.05, 3.63) is 28.3 Å². The van der Waals surface area contributed by atoms with Crippen molar-refractivity contribution in [3.8, 4) is 0 Å². The topological polar surface area (TPSA) is 78.6 Å². The van der Waals surface area contributed by atoms with E-state index in [1.165, 1.54) is 0 Å². The van der Waals surface area contributed by atoms with Gasteiger partial charge in [-0.1, -0.05) is 13.0 Å². The molecule has 0 aromatic heterocycles. The number of rotatable bonds is 4. The number of para-hydroxylation sites is 1. The molecular weight excluding hydrogens is 246 g/mol. The molecular formula is C13H19N3O3. The van der Waals surface area contributed by atoms with Crippen LogP contribution in [0.25, 0.3) is 0 Å². The van der Waals surface area contributed by atoms with E-state index in [1.807, 2.05) is 4.90 Å². The van der Waals surface area contributed by atoms with E-state index in [1.54, 1.807) is 25.2 Å². The number of anilines is 2. The number of aliphatic hydroxyl groups is 1. The Morgan fingerprint density at radius 2 is 2.32 bits per heavy atom. The van der Waals surface area contributed by atoms with Gasteiger partial charge in [0, 0.05) is 13.6 Å². The average molecular weight is 265 g/mol. The van der Waals surface area contributed by atoms with Crippen LogP contribution in [-0.2, 0) is 0 Å². The predicted molar refractivity (Wildman–Crippen MR) is 74.6 cm³/mol. The minimum atomic E-state index is -0.363. The van der Waals surface area contributed by atoms with Crippen molar-refractivity contribution < 1.29 is 10.0 Å². The van der Waals surface area contributed by atoms with E-state index in [0.29, 0.717) is 17.3 Å².